The van der Waals surface area contributed by atoms with E-state index in [4.69, 9.17) is 9.47 Å². The third-order valence-electron chi connectivity index (χ3n) is 2.80. The van der Waals surface area contributed by atoms with Crippen LogP contribution in [0.4, 0.5) is 0 Å². The zero-order chi connectivity index (χ0) is 14.5. The SMILES string of the molecule is CCCCCOC(=O)CCCC(=O)OC(C)CCC. The van der Waals surface area contributed by atoms with Crippen molar-refractivity contribution in [2.45, 2.75) is 78.2 Å². The van der Waals surface area contributed by atoms with Crippen molar-refractivity contribution in [3.8, 4) is 0 Å². The molecule has 0 aromatic heterocycles. The van der Waals surface area contributed by atoms with Crippen LogP contribution in [0.2, 0.25) is 0 Å². The van der Waals surface area contributed by atoms with Gasteiger partial charge in [0.05, 0.1) is 12.7 Å². The van der Waals surface area contributed by atoms with Crippen LogP contribution in [0.5, 0.6) is 0 Å². The first-order valence-electron chi connectivity index (χ1n) is 7.45. The van der Waals surface area contributed by atoms with E-state index < -0.39 is 0 Å². The summed E-state index contributed by atoms with van der Waals surface area (Å²) >= 11 is 0. The lowest BCUT2D eigenvalue weighted by Crippen LogP contribution is -2.15. The molecule has 112 valence electrons. The van der Waals surface area contributed by atoms with Gasteiger partial charge in [-0.05, 0) is 26.2 Å². The summed E-state index contributed by atoms with van der Waals surface area (Å²) in [5.74, 6) is -0.440. The molecule has 0 aliphatic heterocycles. The summed E-state index contributed by atoms with van der Waals surface area (Å²) < 4.78 is 10.2. The summed E-state index contributed by atoms with van der Waals surface area (Å²) in [5, 5.41) is 0. The third kappa shape index (κ3) is 11.7. The minimum absolute atomic E-state index is 0.0292. The molecule has 0 amide bonds. The van der Waals surface area contributed by atoms with Gasteiger partial charge < -0.3 is 9.47 Å². The van der Waals surface area contributed by atoms with Crippen molar-refractivity contribution in [1.82, 2.24) is 0 Å². The summed E-state index contributed by atoms with van der Waals surface area (Å²) in [6.07, 6.45) is 6.04. The highest BCUT2D eigenvalue weighted by Crippen LogP contribution is 2.06. The maximum absolute atomic E-state index is 11.4. The summed E-state index contributed by atoms with van der Waals surface area (Å²) in [4.78, 5) is 22.8. The highest BCUT2D eigenvalue weighted by molar-refractivity contribution is 5.72. The first kappa shape index (κ1) is 17.9. The number of unbranched alkanes of at least 4 members (excludes halogenated alkanes) is 2. The Morgan fingerprint density at radius 2 is 1.63 bits per heavy atom. The quantitative estimate of drug-likeness (QED) is 0.426. The molecule has 0 aromatic rings. The van der Waals surface area contributed by atoms with Crippen LogP contribution < -0.4 is 0 Å². The van der Waals surface area contributed by atoms with E-state index in [0.717, 1.165) is 32.1 Å². The van der Waals surface area contributed by atoms with Crippen molar-refractivity contribution in [2.24, 2.45) is 0 Å². The van der Waals surface area contributed by atoms with Crippen LogP contribution in [0.15, 0.2) is 0 Å². The number of rotatable bonds is 11. The summed E-state index contributed by atoms with van der Waals surface area (Å²) in [6.45, 7) is 6.54. The van der Waals surface area contributed by atoms with E-state index in [1.54, 1.807) is 0 Å². The molecule has 19 heavy (non-hydrogen) atoms. The van der Waals surface area contributed by atoms with Gasteiger partial charge in [-0.2, -0.15) is 0 Å². The van der Waals surface area contributed by atoms with Crippen LogP contribution in [0.3, 0.4) is 0 Å². The van der Waals surface area contributed by atoms with Crippen molar-refractivity contribution in [3.05, 3.63) is 0 Å². The number of hydrogen-bond acceptors (Lipinski definition) is 4. The molecule has 0 N–H and O–H groups in total. The van der Waals surface area contributed by atoms with Gasteiger partial charge in [-0.1, -0.05) is 33.1 Å². The second-order valence-corrected chi connectivity index (χ2v) is 4.87. The second kappa shape index (κ2) is 12.0. The summed E-state index contributed by atoms with van der Waals surface area (Å²) in [7, 11) is 0. The average molecular weight is 272 g/mol. The Balaban J connectivity index is 3.50. The van der Waals surface area contributed by atoms with Crippen LogP contribution >= 0.6 is 0 Å². The molecule has 0 rings (SSSR count). The molecule has 0 radical (unpaired) electrons. The van der Waals surface area contributed by atoms with Gasteiger partial charge in [-0.3, -0.25) is 9.59 Å². The van der Waals surface area contributed by atoms with Crippen molar-refractivity contribution in [1.29, 1.82) is 0 Å². The van der Waals surface area contributed by atoms with Gasteiger partial charge in [-0.25, -0.2) is 0 Å². The molecule has 1 atom stereocenters. The third-order valence-corrected chi connectivity index (χ3v) is 2.80. The standard InChI is InChI=1S/C15H28O4/c1-4-6-7-12-18-14(16)10-8-11-15(17)19-13(3)9-5-2/h13H,4-12H2,1-3H3. The molecule has 0 aromatic carbocycles. The minimum Gasteiger partial charge on any atom is -0.466 e. The number of carbonyl (C=O) groups is 2. The topological polar surface area (TPSA) is 52.6 Å². The van der Waals surface area contributed by atoms with Crippen LogP contribution in [-0.4, -0.2) is 24.6 Å². The molecule has 0 saturated carbocycles. The van der Waals surface area contributed by atoms with E-state index >= 15 is 0 Å². The Kier molecular flexibility index (Phi) is 11.3. The molecule has 0 fully saturated rings. The molecule has 0 heterocycles. The van der Waals surface area contributed by atoms with Crippen molar-refractivity contribution in [3.63, 3.8) is 0 Å². The van der Waals surface area contributed by atoms with Gasteiger partial charge >= 0.3 is 11.9 Å². The molecule has 0 bridgehead atoms. The molecule has 0 saturated heterocycles. The van der Waals surface area contributed by atoms with Gasteiger partial charge in [0.1, 0.15) is 0 Å². The molecule has 4 nitrogen and oxygen atoms in total. The van der Waals surface area contributed by atoms with Crippen molar-refractivity contribution in [2.75, 3.05) is 6.61 Å². The van der Waals surface area contributed by atoms with Crippen LogP contribution in [0, 0.1) is 0 Å². The van der Waals surface area contributed by atoms with Crippen molar-refractivity contribution >= 4 is 11.9 Å². The number of carbonyl (C=O) groups excluding carboxylic acids is 2. The predicted octanol–water partition coefficient (Wildman–Crippen LogP) is 3.62. The highest BCUT2D eigenvalue weighted by Gasteiger charge is 2.10. The zero-order valence-electron chi connectivity index (χ0n) is 12.6. The van der Waals surface area contributed by atoms with Gasteiger partial charge in [0, 0.05) is 12.8 Å². The fourth-order valence-electron chi connectivity index (χ4n) is 1.74. The van der Waals surface area contributed by atoms with E-state index in [1.165, 1.54) is 0 Å². The number of ether oxygens (including phenoxy) is 2. The monoisotopic (exact) mass is 272 g/mol. The van der Waals surface area contributed by atoms with E-state index in [-0.39, 0.29) is 24.5 Å². The molecular weight excluding hydrogens is 244 g/mol. The molecule has 0 aliphatic rings. The van der Waals surface area contributed by atoms with E-state index in [0.29, 0.717) is 19.4 Å². The first-order chi connectivity index (χ1) is 9.10. The second-order valence-electron chi connectivity index (χ2n) is 4.87. The van der Waals surface area contributed by atoms with E-state index in [2.05, 4.69) is 13.8 Å². The van der Waals surface area contributed by atoms with Gasteiger partial charge in [0.15, 0.2) is 0 Å². The largest absolute Gasteiger partial charge is 0.466 e. The first-order valence-corrected chi connectivity index (χ1v) is 7.45. The van der Waals surface area contributed by atoms with E-state index in [1.807, 2.05) is 6.92 Å². The molecule has 1 unspecified atom stereocenters. The average Bonchev–Trinajstić information content (AvgIpc) is 2.35. The lowest BCUT2D eigenvalue weighted by atomic mass is 10.2. The molecule has 0 spiro atoms. The Morgan fingerprint density at radius 3 is 2.26 bits per heavy atom. The lowest BCUT2D eigenvalue weighted by Gasteiger charge is -2.11. The van der Waals surface area contributed by atoms with Crippen molar-refractivity contribution < 1.29 is 19.1 Å². The van der Waals surface area contributed by atoms with Crippen LogP contribution in [0.1, 0.15) is 72.1 Å². The maximum Gasteiger partial charge on any atom is 0.306 e. The molecule has 0 aliphatic carbocycles. The summed E-state index contributed by atoms with van der Waals surface area (Å²) in [6, 6.07) is 0. The predicted molar refractivity (Wildman–Crippen MR) is 74.8 cm³/mol. The Bertz CT molecular complexity index is 251. The van der Waals surface area contributed by atoms with Crippen LogP contribution in [0.25, 0.3) is 0 Å². The Morgan fingerprint density at radius 1 is 0.947 bits per heavy atom. The number of esters is 2. The lowest BCUT2D eigenvalue weighted by molar-refractivity contribution is -0.149. The van der Waals surface area contributed by atoms with E-state index in [9.17, 15) is 9.59 Å². The summed E-state index contributed by atoms with van der Waals surface area (Å²) in [5.41, 5.74) is 0. The normalized spacial score (nSPS) is 11.9. The minimum atomic E-state index is -0.222. The Hall–Kier alpha value is -1.06. The fraction of sp³-hybridized carbons (Fsp3) is 0.867. The van der Waals surface area contributed by atoms with Crippen LogP contribution in [-0.2, 0) is 19.1 Å². The maximum atomic E-state index is 11.4. The molecular formula is C15H28O4. The zero-order valence-corrected chi connectivity index (χ0v) is 12.6. The fourth-order valence-corrected chi connectivity index (χ4v) is 1.74. The number of hydrogen-bond donors (Lipinski definition) is 0. The Labute approximate surface area is 116 Å². The van der Waals surface area contributed by atoms with Gasteiger partial charge in [0.25, 0.3) is 0 Å². The highest BCUT2D eigenvalue weighted by atomic mass is 16.5. The van der Waals surface area contributed by atoms with Gasteiger partial charge in [0.2, 0.25) is 0 Å². The molecule has 4 heteroatoms. The van der Waals surface area contributed by atoms with Gasteiger partial charge in [-0.15, -0.1) is 0 Å². The smallest absolute Gasteiger partial charge is 0.306 e.